The number of nitrogens with zero attached hydrogens (tertiary/aromatic N) is 3. The van der Waals surface area contributed by atoms with Crippen molar-refractivity contribution in [3.05, 3.63) is 28.3 Å². The average Bonchev–Trinajstić information content (AvgIpc) is 2.96. The molecule has 0 aliphatic rings. The summed E-state index contributed by atoms with van der Waals surface area (Å²) >= 11 is 0.959. The zero-order chi connectivity index (χ0) is 13.8. The standard InChI is InChI=1S/C10H12N4O4S/c1-2-6-3-11-7(18-6)4-14-9(17)12-13-10(14)19-5-8(15)16/h3H,2,4-5H2,1H3,(H,12,17)(H,15,16). The molecule has 0 unspecified atom stereocenters. The zero-order valence-electron chi connectivity index (χ0n) is 10.1. The second-order valence-corrected chi connectivity index (χ2v) is 4.60. The van der Waals surface area contributed by atoms with Gasteiger partial charge in [0.15, 0.2) is 5.16 Å². The lowest BCUT2D eigenvalue weighted by Gasteiger charge is -2.01. The number of H-pyrrole nitrogens is 1. The zero-order valence-corrected chi connectivity index (χ0v) is 10.9. The first kappa shape index (κ1) is 13.4. The van der Waals surface area contributed by atoms with Crippen LogP contribution in [0.25, 0.3) is 0 Å². The molecule has 0 aliphatic heterocycles. The van der Waals surface area contributed by atoms with Crippen LogP contribution < -0.4 is 5.69 Å². The van der Waals surface area contributed by atoms with Crippen LogP contribution in [-0.4, -0.2) is 36.6 Å². The van der Waals surface area contributed by atoms with Gasteiger partial charge >= 0.3 is 11.7 Å². The number of carbonyl (C=O) groups is 1. The third kappa shape index (κ3) is 3.25. The molecule has 0 spiro atoms. The molecule has 0 saturated heterocycles. The lowest BCUT2D eigenvalue weighted by atomic mass is 10.4. The van der Waals surface area contributed by atoms with Crippen LogP contribution >= 0.6 is 11.8 Å². The highest BCUT2D eigenvalue weighted by atomic mass is 32.2. The van der Waals surface area contributed by atoms with Crippen molar-refractivity contribution in [1.82, 2.24) is 19.7 Å². The number of nitrogens with one attached hydrogen (secondary N) is 1. The van der Waals surface area contributed by atoms with E-state index in [9.17, 15) is 9.59 Å². The van der Waals surface area contributed by atoms with Gasteiger partial charge in [0.1, 0.15) is 12.3 Å². The Labute approximate surface area is 111 Å². The molecule has 0 bridgehead atoms. The molecule has 2 N–H and O–H groups in total. The predicted molar refractivity (Wildman–Crippen MR) is 66.2 cm³/mol. The van der Waals surface area contributed by atoms with E-state index in [0.29, 0.717) is 17.5 Å². The predicted octanol–water partition coefficient (Wildman–Crippen LogP) is 0.347. The maximum absolute atomic E-state index is 11.6. The van der Waals surface area contributed by atoms with Crippen LogP contribution in [-0.2, 0) is 17.8 Å². The van der Waals surface area contributed by atoms with Gasteiger partial charge in [-0.1, -0.05) is 18.7 Å². The highest BCUT2D eigenvalue weighted by molar-refractivity contribution is 7.99. The molecule has 0 aromatic carbocycles. The van der Waals surface area contributed by atoms with E-state index in [1.807, 2.05) is 6.92 Å². The van der Waals surface area contributed by atoms with Crippen molar-refractivity contribution in [1.29, 1.82) is 0 Å². The fraction of sp³-hybridized carbons (Fsp3) is 0.400. The van der Waals surface area contributed by atoms with Gasteiger partial charge in [0, 0.05) is 6.42 Å². The van der Waals surface area contributed by atoms with E-state index >= 15 is 0 Å². The lowest BCUT2D eigenvalue weighted by Crippen LogP contribution is -2.18. The molecular weight excluding hydrogens is 272 g/mol. The average molecular weight is 284 g/mol. The molecule has 0 radical (unpaired) electrons. The van der Waals surface area contributed by atoms with Crippen LogP contribution in [0.3, 0.4) is 0 Å². The van der Waals surface area contributed by atoms with Gasteiger partial charge in [-0.15, -0.1) is 5.10 Å². The second kappa shape index (κ2) is 5.74. The SMILES string of the molecule is CCc1cnc(Cn2c(SCC(=O)O)n[nH]c2=O)o1. The van der Waals surface area contributed by atoms with Crippen LogP contribution in [0.4, 0.5) is 0 Å². The quantitative estimate of drug-likeness (QED) is 0.735. The number of aromatic nitrogens is 4. The highest BCUT2D eigenvalue weighted by Gasteiger charge is 2.13. The summed E-state index contributed by atoms with van der Waals surface area (Å²) in [6, 6.07) is 0. The minimum atomic E-state index is -0.976. The minimum Gasteiger partial charge on any atom is -0.481 e. The van der Waals surface area contributed by atoms with Crippen molar-refractivity contribution in [3.8, 4) is 0 Å². The van der Waals surface area contributed by atoms with Crippen molar-refractivity contribution >= 4 is 17.7 Å². The smallest absolute Gasteiger partial charge is 0.344 e. The van der Waals surface area contributed by atoms with Gasteiger partial charge in [-0.2, -0.15) is 0 Å². The summed E-state index contributed by atoms with van der Waals surface area (Å²) < 4.78 is 6.69. The molecule has 2 rings (SSSR count). The number of thioether (sulfide) groups is 1. The summed E-state index contributed by atoms with van der Waals surface area (Å²) in [5.74, 6) is -0.0315. The topological polar surface area (TPSA) is 114 Å². The minimum absolute atomic E-state index is 0.122. The van der Waals surface area contributed by atoms with Gasteiger partial charge < -0.3 is 9.52 Å². The third-order valence-corrected chi connectivity index (χ3v) is 3.25. The number of hydrogen-bond acceptors (Lipinski definition) is 6. The first-order valence-electron chi connectivity index (χ1n) is 5.53. The first-order valence-corrected chi connectivity index (χ1v) is 6.52. The first-order chi connectivity index (χ1) is 9.10. The number of oxazole rings is 1. The summed E-state index contributed by atoms with van der Waals surface area (Å²) in [7, 11) is 0. The van der Waals surface area contributed by atoms with Crippen LogP contribution in [0.5, 0.6) is 0 Å². The summed E-state index contributed by atoms with van der Waals surface area (Å²) in [4.78, 5) is 26.1. The number of aryl methyl sites for hydroxylation is 1. The number of carboxylic acid groups (broad SMARTS) is 1. The molecule has 2 heterocycles. The van der Waals surface area contributed by atoms with Gasteiger partial charge in [0.05, 0.1) is 11.9 Å². The van der Waals surface area contributed by atoms with Crippen molar-refractivity contribution in [2.45, 2.75) is 25.0 Å². The molecule has 0 amide bonds. The van der Waals surface area contributed by atoms with Crippen molar-refractivity contribution in [2.75, 3.05) is 5.75 Å². The van der Waals surface area contributed by atoms with E-state index in [4.69, 9.17) is 9.52 Å². The van der Waals surface area contributed by atoms with E-state index < -0.39 is 11.7 Å². The van der Waals surface area contributed by atoms with Gasteiger partial charge in [-0.05, 0) is 0 Å². The van der Waals surface area contributed by atoms with E-state index in [0.717, 1.165) is 17.5 Å². The van der Waals surface area contributed by atoms with E-state index in [1.54, 1.807) is 6.20 Å². The molecule has 102 valence electrons. The monoisotopic (exact) mass is 284 g/mol. The van der Waals surface area contributed by atoms with Crippen LogP contribution in [0, 0.1) is 0 Å². The molecule has 2 aromatic rings. The van der Waals surface area contributed by atoms with E-state index in [1.165, 1.54) is 4.57 Å². The Bertz CT molecular complexity index is 630. The van der Waals surface area contributed by atoms with E-state index in [-0.39, 0.29) is 12.3 Å². The Hall–Kier alpha value is -2.03. The second-order valence-electron chi connectivity index (χ2n) is 3.65. The Kier molecular flexibility index (Phi) is 4.05. The third-order valence-electron chi connectivity index (χ3n) is 2.29. The molecule has 9 heteroatoms. The summed E-state index contributed by atoms with van der Waals surface area (Å²) in [5, 5.41) is 15.0. The maximum atomic E-state index is 11.6. The van der Waals surface area contributed by atoms with Gasteiger partial charge in [0.2, 0.25) is 5.89 Å². The summed E-state index contributed by atoms with van der Waals surface area (Å²) in [6.07, 6.45) is 2.32. The van der Waals surface area contributed by atoms with Crippen LogP contribution in [0.15, 0.2) is 20.6 Å². The van der Waals surface area contributed by atoms with Crippen LogP contribution in [0.1, 0.15) is 18.6 Å². The number of aliphatic carboxylic acids is 1. The fourth-order valence-corrected chi connectivity index (χ4v) is 2.07. The normalized spacial score (nSPS) is 10.8. The molecule has 0 atom stereocenters. The van der Waals surface area contributed by atoms with Gasteiger partial charge in [-0.3, -0.25) is 9.36 Å². The van der Waals surface area contributed by atoms with E-state index in [2.05, 4.69) is 15.2 Å². The van der Waals surface area contributed by atoms with Crippen LogP contribution in [0.2, 0.25) is 0 Å². The van der Waals surface area contributed by atoms with Gasteiger partial charge in [-0.25, -0.2) is 14.9 Å². The molecule has 0 aliphatic carbocycles. The Morgan fingerprint density at radius 3 is 3.05 bits per heavy atom. The summed E-state index contributed by atoms with van der Waals surface area (Å²) in [6.45, 7) is 2.06. The summed E-state index contributed by atoms with van der Waals surface area (Å²) in [5.41, 5.74) is -0.427. The van der Waals surface area contributed by atoms with Crippen molar-refractivity contribution in [3.63, 3.8) is 0 Å². The highest BCUT2D eigenvalue weighted by Crippen LogP contribution is 2.14. The molecule has 19 heavy (non-hydrogen) atoms. The lowest BCUT2D eigenvalue weighted by molar-refractivity contribution is -0.133. The maximum Gasteiger partial charge on any atom is 0.344 e. The van der Waals surface area contributed by atoms with Crippen molar-refractivity contribution < 1.29 is 14.3 Å². The number of rotatable bonds is 6. The number of carboxylic acids is 1. The molecule has 8 nitrogen and oxygen atoms in total. The van der Waals surface area contributed by atoms with Gasteiger partial charge in [0.25, 0.3) is 0 Å². The molecular formula is C10H12N4O4S. The molecule has 2 aromatic heterocycles. The Morgan fingerprint density at radius 2 is 2.42 bits per heavy atom. The number of aromatic amines is 1. The molecule has 0 fully saturated rings. The molecule has 0 saturated carbocycles. The van der Waals surface area contributed by atoms with Crippen molar-refractivity contribution in [2.24, 2.45) is 0 Å². The number of hydrogen-bond donors (Lipinski definition) is 2. The Morgan fingerprint density at radius 1 is 1.63 bits per heavy atom. The fourth-order valence-electron chi connectivity index (χ4n) is 1.40. The largest absolute Gasteiger partial charge is 0.481 e. The Balaban J connectivity index is 2.16.